The van der Waals surface area contributed by atoms with Gasteiger partial charge < -0.3 is 15.3 Å². The van der Waals surface area contributed by atoms with E-state index in [1.807, 2.05) is 0 Å². The molecule has 5 nitrogen and oxygen atoms in total. The zero-order valence-electron chi connectivity index (χ0n) is 7.23. The number of carbonyl (C=O) groups is 1. The highest BCUT2D eigenvalue weighted by Gasteiger charge is 1.98. The van der Waals surface area contributed by atoms with Crippen molar-refractivity contribution in [3.8, 4) is 0 Å². The minimum atomic E-state index is -0.460. The van der Waals surface area contributed by atoms with Crippen LogP contribution in [0.3, 0.4) is 0 Å². The van der Waals surface area contributed by atoms with Crippen LogP contribution in [0.15, 0.2) is 0 Å². The Kier molecular flexibility index (Phi) is 20.8. The van der Waals surface area contributed by atoms with Crippen LogP contribution < -0.4 is 11.6 Å². The minimum absolute atomic E-state index is 0. The van der Waals surface area contributed by atoms with Gasteiger partial charge in [0.15, 0.2) is 0 Å². The molecule has 0 saturated carbocycles. The number of hydrogen-bond donors (Lipinski definition) is 2. The number of halogens is 2. The fourth-order valence-corrected chi connectivity index (χ4v) is 0.502. The Labute approximate surface area is 89.9 Å². The third kappa shape index (κ3) is 14.8. The fraction of sp³-hybridized carbons (Fsp3) is 0.833. The molecule has 0 unspecified atom stereocenters. The first kappa shape index (κ1) is 18.7. The molecular formula is C6H16Cl2N2O3. The predicted molar refractivity (Wildman–Crippen MR) is 53.9 cm³/mol. The summed E-state index contributed by atoms with van der Waals surface area (Å²) in [6.07, 6.45) is 0.999. The third-order valence-corrected chi connectivity index (χ3v) is 1.07. The largest absolute Gasteiger partial charge is 0.381 e. The van der Waals surface area contributed by atoms with Crippen LogP contribution in [0.25, 0.3) is 0 Å². The van der Waals surface area contributed by atoms with E-state index in [9.17, 15) is 4.79 Å². The Bertz CT molecular complexity index is 116. The van der Waals surface area contributed by atoms with Crippen LogP contribution >= 0.6 is 24.8 Å². The third-order valence-electron chi connectivity index (χ3n) is 1.07. The number of carbonyl (C=O) groups excluding carboxylic acids is 1. The lowest BCUT2D eigenvalue weighted by Gasteiger charge is -2.00. The summed E-state index contributed by atoms with van der Waals surface area (Å²) in [4.78, 5) is 14.3. The molecule has 0 amide bonds. The van der Waals surface area contributed by atoms with Gasteiger partial charge in [-0.2, -0.15) is 5.90 Å². The standard InChI is InChI=1S/C6H14N2O3.2ClH/c7-3-1-4-10-5-2-6(9)11-8;;/h1-5,7-8H2;2*1H. The van der Waals surface area contributed by atoms with Crippen molar-refractivity contribution in [1.29, 1.82) is 0 Å². The zero-order chi connectivity index (χ0) is 8.53. The van der Waals surface area contributed by atoms with Crippen LogP contribution in [0.5, 0.6) is 0 Å². The summed E-state index contributed by atoms with van der Waals surface area (Å²) in [5, 5.41) is 0. The highest BCUT2D eigenvalue weighted by Crippen LogP contribution is 1.86. The molecule has 0 heterocycles. The maximum Gasteiger partial charge on any atom is 0.326 e. The van der Waals surface area contributed by atoms with E-state index in [0.717, 1.165) is 6.42 Å². The van der Waals surface area contributed by atoms with Crippen LogP contribution in [0.2, 0.25) is 0 Å². The van der Waals surface area contributed by atoms with E-state index >= 15 is 0 Å². The van der Waals surface area contributed by atoms with Gasteiger partial charge in [-0.3, -0.25) is 4.79 Å². The molecule has 0 atom stereocenters. The van der Waals surface area contributed by atoms with Gasteiger partial charge in [-0.15, -0.1) is 24.8 Å². The number of nitrogens with two attached hydrogens (primary N) is 2. The van der Waals surface area contributed by atoms with Crippen molar-refractivity contribution in [2.45, 2.75) is 12.8 Å². The van der Waals surface area contributed by atoms with Crippen molar-refractivity contribution >= 4 is 30.8 Å². The lowest BCUT2D eigenvalue weighted by molar-refractivity contribution is -0.145. The van der Waals surface area contributed by atoms with Crippen molar-refractivity contribution in [3.63, 3.8) is 0 Å². The van der Waals surface area contributed by atoms with Crippen molar-refractivity contribution in [1.82, 2.24) is 0 Å². The molecule has 0 aliphatic rings. The highest BCUT2D eigenvalue weighted by atomic mass is 35.5. The smallest absolute Gasteiger partial charge is 0.326 e. The van der Waals surface area contributed by atoms with Crippen LogP contribution in [-0.4, -0.2) is 25.7 Å². The summed E-state index contributed by atoms with van der Waals surface area (Å²) in [6, 6.07) is 0. The molecule has 0 aliphatic heterocycles. The van der Waals surface area contributed by atoms with Crippen molar-refractivity contribution < 1.29 is 14.4 Å². The quantitative estimate of drug-likeness (QED) is 0.500. The lowest BCUT2D eigenvalue weighted by Crippen LogP contribution is -2.13. The molecule has 13 heavy (non-hydrogen) atoms. The Morgan fingerprint density at radius 1 is 1.23 bits per heavy atom. The van der Waals surface area contributed by atoms with E-state index < -0.39 is 5.97 Å². The lowest BCUT2D eigenvalue weighted by atomic mass is 10.4. The van der Waals surface area contributed by atoms with Crippen molar-refractivity contribution in [3.05, 3.63) is 0 Å². The van der Waals surface area contributed by atoms with Crippen LogP contribution in [-0.2, 0) is 14.4 Å². The molecule has 0 saturated heterocycles. The average Bonchev–Trinajstić information content (AvgIpc) is 2.04. The Balaban J connectivity index is -0.000000500. The van der Waals surface area contributed by atoms with Crippen LogP contribution in [0.1, 0.15) is 12.8 Å². The van der Waals surface area contributed by atoms with E-state index in [1.165, 1.54) is 0 Å². The van der Waals surface area contributed by atoms with E-state index in [4.69, 9.17) is 10.5 Å². The van der Waals surface area contributed by atoms with E-state index in [-0.39, 0.29) is 31.2 Å². The summed E-state index contributed by atoms with van der Waals surface area (Å²) in [5.74, 6) is 4.13. The Hall–Kier alpha value is -0.0700. The molecule has 0 spiro atoms. The normalized spacial score (nSPS) is 8.15. The molecule has 0 rings (SSSR count). The first-order valence-corrected chi connectivity index (χ1v) is 3.48. The first-order chi connectivity index (χ1) is 5.31. The van der Waals surface area contributed by atoms with Gasteiger partial charge in [-0.05, 0) is 13.0 Å². The van der Waals surface area contributed by atoms with E-state index in [0.29, 0.717) is 19.8 Å². The summed E-state index contributed by atoms with van der Waals surface area (Å²) < 4.78 is 5.01. The van der Waals surface area contributed by atoms with Gasteiger partial charge in [0.1, 0.15) is 0 Å². The first-order valence-electron chi connectivity index (χ1n) is 3.48. The molecule has 0 fully saturated rings. The van der Waals surface area contributed by atoms with Crippen LogP contribution in [0.4, 0.5) is 0 Å². The molecule has 0 aromatic heterocycles. The highest BCUT2D eigenvalue weighted by molar-refractivity contribution is 5.85. The molecule has 0 aromatic rings. The van der Waals surface area contributed by atoms with Crippen molar-refractivity contribution in [2.24, 2.45) is 11.6 Å². The number of rotatable bonds is 6. The second kappa shape index (κ2) is 14.5. The van der Waals surface area contributed by atoms with Gasteiger partial charge in [-0.25, -0.2) is 0 Å². The zero-order valence-corrected chi connectivity index (χ0v) is 8.86. The van der Waals surface area contributed by atoms with Gasteiger partial charge in [-0.1, -0.05) is 0 Å². The summed E-state index contributed by atoms with van der Waals surface area (Å²) in [6.45, 7) is 1.52. The maximum atomic E-state index is 10.4. The predicted octanol–water partition coefficient (Wildman–Crippen LogP) is 0.00240. The number of hydrogen-bond acceptors (Lipinski definition) is 5. The topological polar surface area (TPSA) is 87.6 Å². The van der Waals surface area contributed by atoms with E-state index in [1.54, 1.807) is 0 Å². The molecule has 4 N–H and O–H groups in total. The summed E-state index contributed by atoms with van der Waals surface area (Å²) in [5.41, 5.74) is 5.21. The average molecular weight is 235 g/mol. The van der Waals surface area contributed by atoms with Crippen molar-refractivity contribution in [2.75, 3.05) is 19.8 Å². The second-order valence-corrected chi connectivity index (χ2v) is 1.99. The number of ether oxygens (including phenoxy) is 1. The summed E-state index contributed by atoms with van der Waals surface area (Å²) >= 11 is 0. The van der Waals surface area contributed by atoms with Gasteiger partial charge in [0.05, 0.1) is 13.0 Å². The molecule has 0 aliphatic carbocycles. The molecule has 7 heteroatoms. The second-order valence-electron chi connectivity index (χ2n) is 1.99. The Morgan fingerprint density at radius 3 is 2.31 bits per heavy atom. The maximum absolute atomic E-state index is 10.4. The molecular weight excluding hydrogens is 219 g/mol. The summed E-state index contributed by atoms with van der Waals surface area (Å²) in [7, 11) is 0. The minimum Gasteiger partial charge on any atom is -0.381 e. The fourth-order valence-electron chi connectivity index (χ4n) is 0.502. The molecule has 82 valence electrons. The molecule has 0 aromatic carbocycles. The van der Waals surface area contributed by atoms with Gasteiger partial charge in [0.2, 0.25) is 0 Å². The van der Waals surface area contributed by atoms with Gasteiger partial charge >= 0.3 is 5.97 Å². The monoisotopic (exact) mass is 234 g/mol. The molecule has 0 radical (unpaired) electrons. The van der Waals surface area contributed by atoms with E-state index in [2.05, 4.69) is 10.7 Å². The van der Waals surface area contributed by atoms with Gasteiger partial charge in [0, 0.05) is 6.61 Å². The molecule has 0 bridgehead atoms. The van der Waals surface area contributed by atoms with Crippen LogP contribution in [0, 0.1) is 0 Å². The van der Waals surface area contributed by atoms with Gasteiger partial charge in [0.25, 0.3) is 0 Å². The SMILES string of the molecule is Cl.Cl.NCCCOCCC(=O)ON. The Morgan fingerprint density at radius 2 is 1.85 bits per heavy atom.